The molecule has 4 rings (SSSR count). The molecule has 0 bridgehead atoms. The number of allylic oxidation sites excluding steroid dienone is 3. The zero-order valence-corrected chi connectivity index (χ0v) is 24.6. The van der Waals surface area contributed by atoms with Gasteiger partial charge in [-0.25, -0.2) is 9.38 Å². The van der Waals surface area contributed by atoms with Crippen molar-refractivity contribution in [3.05, 3.63) is 47.5 Å². The van der Waals surface area contributed by atoms with Gasteiger partial charge < -0.3 is 35.5 Å². The van der Waals surface area contributed by atoms with Crippen LogP contribution in [-0.4, -0.2) is 86.8 Å². The lowest BCUT2D eigenvalue weighted by molar-refractivity contribution is -0.303. The van der Waals surface area contributed by atoms with Crippen LogP contribution in [0.15, 0.2) is 52.5 Å². The minimum Gasteiger partial charge on any atom is -0.406 e. The van der Waals surface area contributed by atoms with E-state index >= 15 is 0 Å². The topological polar surface area (TPSA) is 110 Å². The number of hydrogen-bond donors (Lipinski definition) is 3. The summed E-state index contributed by atoms with van der Waals surface area (Å²) >= 11 is 0. The van der Waals surface area contributed by atoms with E-state index in [1.807, 2.05) is 0 Å². The number of nitrogens with two attached hydrogens (primary N) is 1. The molecule has 3 fully saturated rings. The van der Waals surface area contributed by atoms with Gasteiger partial charge in [0.2, 0.25) is 0 Å². The Morgan fingerprint density at radius 2 is 2.02 bits per heavy atom. The summed E-state index contributed by atoms with van der Waals surface area (Å²) in [5.41, 5.74) is 6.90. The second-order valence-electron chi connectivity index (χ2n) is 11.5. The lowest BCUT2D eigenvalue weighted by atomic mass is 9.88. The maximum Gasteiger partial charge on any atom is 0.573 e. The number of piperidine rings is 1. The molecule has 0 aromatic rings. The van der Waals surface area contributed by atoms with Gasteiger partial charge in [0.05, 0.1) is 25.2 Å². The molecule has 3 unspecified atom stereocenters. The van der Waals surface area contributed by atoms with Gasteiger partial charge in [-0.05, 0) is 64.0 Å². The summed E-state index contributed by atoms with van der Waals surface area (Å²) < 4.78 is 67.1. The van der Waals surface area contributed by atoms with Crippen LogP contribution in [0.1, 0.15) is 51.9 Å². The molecule has 13 heteroatoms. The number of hydrogen-bond acceptors (Lipinski definition) is 7. The summed E-state index contributed by atoms with van der Waals surface area (Å²) in [4.78, 5) is 19.3. The fourth-order valence-corrected chi connectivity index (χ4v) is 5.99. The molecule has 240 valence electrons. The number of likely N-dealkylation sites (tertiary alicyclic amines) is 1. The standard InChI is InChI=1S/C30H43F4N5O4/c1-19(28(37-18-35)29(40)39-13-10-22(11-14-39)38-26-12-15-41-17-25(26)31)20(2)36-16-24-4-3-5-27(42-24)21-6-8-23(9-7-21)43-30(32,33)34/h6,8-9,18,21-22,24-27,36,38H,2-5,7,10-17H2,1H3,(H2,35,37)/b28-19-/t21?,24-,25?,26?,27+/m1/s1. The smallest absolute Gasteiger partial charge is 0.406 e. The van der Waals surface area contributed by atoms with Crippen LogP contribution in [0.2, 0.25) is 0 Å². The number of nitrogens with zero attached hydrogens (tertiary/aromatic N) is 2. The Labute approximate surface area is 250 Å². The normalized spacial score (nSPS) is 29.7. The Morgan fingerprint density at radius 3 is 2.67 bits per heavy atom. The molecule has 9 nitrogen and oxygen atoms in total. The molecule has 43 heavy (non-hydrogen) atoms. The Bertz CT molecular complexity index is 1100. The molecule has 0 radical (unpaired) electrons. The summed E-state index contributed by atoms with van der Waals surface area (Å²) in [5, 5.41) is 6.67. The number of nitrogens with one attached hydrogen (secondary N) is 2. The average Bonchev–Trinajstić information content (AvgIpc) is 2.99. The predicted molar refractivity (Wildman–Crippen MR) is 154 cm³/mol. The van der Waals surface area contributed by atoms with Crippen molar-refractivity contribution in [3.63, 3.8) is 0 Å². The van der Waals surface area contributed by atoms with Gasteiger partial charge in [-0.2, -0.15) is 0 Å². The van der Waals surface area contributed by atoms with Crippen LogP contribution in [0.25, 0.3) is 0 Å². The first-order valence-electron chi connectivity index (χ1n) is 15.0. The fraction of sp³-hybridized carbons (Fsp3) is 0.667. The molecule has 5 atom stereocenters. The highest BCUT2D eigenvalue weighted by Gasteiger charge is 2.34. The maximum absolute atomic E-state index is 14.2. The summed E-state index contributed by atoms with van der Waals surface area (Å²) in [6, 6.07) is -0.0941. The number of alkyl halides is 4. The van der Waals surface area contributed by atoms with Crippen LogP contribution >= 0.6 is 0 Å². The number of halogens is 4. The van der Waals surface area contributed by atoms with E-state index in [1.54, 1.807) is 17.9 Å². The number of carbonyl (C=O) groups excluding carboxylic acids is 1. The van der Waals surface area contributed by atoms with Crippen molar-refractivity contribution < 1.29 is 36.6 Å². The molecule has 1 aliphatic carbocycles. The third-order valence-corrected chi connectivity index (χ3v) is 8.47. The lowest BCUT2D eigenvalue weighted by Gasteiger charge is -2.36. The van der Waals surface area contributed by atoms with E-state index in [0.29, 0.717) is 63.2 Å². The summed E-state index contributed by atoms with van der Waals surface area (Å²) in [5.74, 6) is -0.478. The van der Waals surface area contributed by atoms with Crippen molar-refractivity contribution >= 4 is 12.2 Å². The highest BCUT2D eigenvalue weighted by molar-refractivity contribution is 5.95. The molecule has 3 saturated heterocycles. The van der Waals surface area contributed by atoms with E-state index in [9.17, 15) is 22.4 Å². The highest BCUT2D eigenvalue weighted by Crippen LogP contribution is 2.32. The van der Waals surface area contributed by atoms with Crippen LogP contribution in [0, 0.1) is 5.92 Å². The molecule has 0 spiro atoms. The van der Waals surface area contributed by atoms with Crippen LogP contribution < -0.4 is 16.4 Å². The van der Waals surface area contributed by atoms with Crippen LogP contribution in [-0.2, 0) is 19.0 Å². The highest BCUT2D eigenvalue weighted by atomic mass is 19.4. The van der Waals surface area contributed by atoms with Gasteiger partial charge in [-0.1, -0.05) is 12.7 Å². The molecule has 3 aliphatic heterocycles. The minimum absolute atomic E-state index is 0.0363. The second kappa shape index (κ2) is 15.2. The maximum atomic E-state index is 14.2. The monoisotopic (exact) mass is 613 g/mol. The zero-order valence-electron chi connectivity index (χ0n) is 24.6. The Morgan fingerprint density at radius 1 is 1.26 bits per heavy atom. The molecule has 0 aromatic heterocycles. The van der Waals surface area contributed by atoms with E-state index in [2.05, 4.69) is 26.9 Å². The van der Waals surface area contributed by atoms with Crippen LogP contribution in [0.3, 0.4) is 0 Å². The van der Waals surface area contributed by atoms with Gasteiger partial charge in [0, 0.05) is 55.5 Å². The average molecular weight is 614 g/mol. The Kier molecular flexibility index (Phi) is 11.7. The molecule has 0 saturated carbocycles. The Hall–Kier alpha value is -2.90. The van der Waals surface area contributed by atoms with Gasteiger partial charge in [0.15, 0.2) is 0 Å². The van der Waals surface area contributed by atoms with E-state index in [1.165, 1.54) is 12.2 Å². The van der Waals surface area contributed by atoms with E-state index in [-0.39, 0.29) is 54.2 Å². The molecule has 4 N–H and O–H groups in total. The largest absolute Gasteiger partial charge is 0.573 e. The van der Waals surface area contributed by atoms with Gasteiger partial charge in [-0.3, -0.25) is 4.79 Å². The van der Waals surface area contributed by atoms with Gasteiger partial charge in [0.1, 0.15) is 17.6 Å². The van der Waals surface area contributed by atoms with E-state index in [0.717, 1.165) is 25.6 Å². The zero-order chi connectivity index (χ0) is 31.0. The van der Waals surface area contributed by atoms with E-state index < -0.39 is 12.5 Å². The van der Waals surface area contributed by atoms with Gasteiger partial charge in [0.25, 0.3) is 5.91 Å². The minimum atomic E-state index is -4.71. The van der Waals surface area contributed by atoms with Crippen molar-refractivity contribution in [2.24, 2.45) is 16.6 Å². The number of carbonyl (C=O) groups is 1. The van der Waals surface area contributed by atoms with Crippen LogP contribution in [0.5, 0.6) is 0 Å². The summed E-state index contributed by atoms with van der Waals surface area (Å²) in [7, 11) is 0. The number of ether oxygens (including phenoxy) is 3. The van der Waals surface area contributed by atoms with Crippen LogP contribution in [0.4, 0.5) is 17.6 Å². The molecule has 4 aliphatic rings. The quantitative estimate of drug-likeness (QED) is 0.112. The first-order chi connectivity index (χ1) is 20.5. The first kappa shape index (κ1) is 33.0. The van der Waals surface area contributed by atoms with Crippen molar-refractivity contribution in [1.29, 1.82) is 0 Å². The molecule has 1 amide bonds. The third-order valence-electron chi connectivity index (χ3n) is 8.47. The second-order valence-corrected chi connectivity index (χ2v) is 11.5. The Balaban J connectivity index is 1.26. The summed E-state index contributed by atoms with van der Waals surface area (Å²) in [6.45, 7) is 8.02. The van der Waals surface area contributed by atoms with Crippen molar-refractivity contribution in [3.8, 4) is 0 Å². The molecular weight excluding hydrogens is 570 g/mol. The molecular formula is C30H43F4N5O4. The van der Waals surface area contributed by atoms with Crippen molar-refractivity contribution in [2.75, 3.05) is 32.8 Å². The van der Waals surface area contributed by atoms with Gasteiger partial charge in [-0.15, -0.1) is 13.2 Å². The number of amides is 1. The number of aliphatic imine (C=N–C) groups is 1. The third kappa shape index (κ3) is 9.54. The molecule has 3 heterocycles. The first-order valence-corrected chi connectivity index (χ1v) is 15.0. The van der Waals surface area contributed by atoms with Crippen molar-refractivity contribution in [1.82, 2.24) is 15.5 Å². The number of rotatable bonds is 10. The van der Waals surface area contributed by atoms with Crippen molar-refractivity contribution in [2.45, 2.75) is 88.7 Å². The predicted octanol–water partition coefficient (Wildman–Crippen LogP) is 3.99. The van der Waals surface area contributed by atoms with E-state index in [4.69, 9.17) is 15.2 Å². The summed E-state index contributed by atoms with van der Waals surface area (Å²) in [6.07, 6.45) is 4.63. The lowest BCUT2D eigenvalue weighted by Crippen LogP contribution is -2.52. The fourth-order valence-electron chi connectivity index (χ4n) is 5.99. The molecule has 0 aromatic carbocycles. The van der Waals surface area contributed by atoms with Gasteiger partial charge >= 0.3 is 6.36 Å². The SMILES string of the molecule is C=C(NC[C@H]1CCC[C@@H](C2C=CC(OC(F)(F)F)=CC2)O1)/C(C)=C(\N=C/N)C(=O)N1CCC(NC2CCOCC2F)CC1.